The Morgan fingerprint density at radius 2 is 2.03 bits per heavy atom. The Bertz CT molecular complexity index is 1270. The van der Waals surface area contributed by atoms with Gasteiger partial charge in [0.2, 0.25) is 24.6 Å². The lowest BCUT2D eigenvalue weighted by Gasteiger charge is -2.41. The van der Waals surface area contributed by atoms with Crippen molar-refractivity contribution in [3.63, 3.8) is 0 Å². The number of anilines is 1. The van der Waals surface area contributed by atoms with E-state index in [1.54, 1.807) is 34.3 Å². The quantitative estimate of drug-likeness (QED) is 0.501. The Balaban J connectivity index is 1.34. The number of rotatable bonds is 6. The molecule has 12 heteroatoms. The maximum atomic E-state index is 13.1. The van der Waals surface area contributed by atoms with Crippen LogP contribution in [-0.4, -0.2) is 68.7 Å². The second kappa shape index (κ2) is 10.0. The van der Waals surface area contributed by atoms with Crippen LogP contribution >= 0.6 is 11.6 Å². The summed E-state index contributed by atoms with van der Waals surface area (Å²) in [5.41, 5.74) is 0.908. The number of imidazole rings is 1. The van der Waals surface area contributed by atoms with E-state index in [1.807, 2.05) is 30.0 Å². The minimum Gasteiger partial charge on any atom is -0.454 e. The molecule has 2 unspecified atom stereocenters. The normalized spacial score (nSPS) is 17.7. The summed E-state index contributed by atoms with van der Waals surface area (Å²) in [5.74, 6) is 2.15. The van der Waals surface area contributed by atoms with Gasteiger partial charge in [0, 0.05) is 51.4 Å². The minimum absolute atomic E-state index is 0.0337. The number of ether oxygens (including phenoxy) is 2. The lowest BCUT2D eigenvalue weighted by Crippen LogP contribution is -2.56. The van der Waals surface area contributed by atoms with Gasteiger partial charge >= 0.3 is 0 Å². The number of carbonyl (C=O) groups is 2. The molecule has 4 heterocycles. The fourth-order valence-corrected chi connectivity index (χ4v) is 4.61. The molecule has 2 aliphatic rings. The SMILES string of the molecule is CC(=O)N1CCN(c2cc(Cl)nc(-n3ccnc3)n2)C(CC(=O)NC(C)c2ccc3c(c2)OCO3)C1. The summed E-state index contributed by atoms with van der Waals surface area (Å²) in [7, 11) is 0. The Labute approximate surface area is 213 Å². The van der Waals surface area contributed by atoms with Gasteiger partial charge in [-0.25, -0.2) is 9.97 Å². The van der Waals surface area contributed by atoms with Crippen LogP contribution in [0.1, 0.15) is 31.9 Å². The van der Waals surface area contributed by atoms with Crippen LogP contribution in [0.5, 0.6) is 11.5 Å². The molecule has 5 rings (SSSR count). The Morgan fingerprint density at radius 1 is 1.19 bits per heavy atom. The van der Waals surface area contributed by atoms with Gasteiger partial charge in [0.25, 0.3) is 0 Å². The number of amides is 2. The van der Waals surface area contributed by atoms with Crippen LogP contribution in [0.15, 0.2) is 43.0 Å². The van der Waals surface area contributed by atoms with Crippen LogP contribution in [0, 0.1) is 0 Å². The molecule has 2 amide bonds. The van der Waals surface area contributed by atoms with Crippen molar-refractivity contribution in [1.82, 2.24) is 29.7 Å². The number of fused-ring (bicyclic) bond motifs is 1. The average Bonchev–Trinajstić information content (AvgIpc) is 3.55. The highest BCUT2D eigenvalue weighted by Crippen LogP contribution is 2.34. The summed E-state index contributed by atoms with van der Waals surface area (Å²) in [6.45, 7) is 5.06. The summed E-state index contributed by atoms with van der Waals surface area (Å²) >= 11 is 6.32. The molecule has 3 aromatic rings. The lowest BCUT2D eigenvalue weighted by molar-refractivity contribution is -0.130. The first-order valence-corrected chi connectivity index (χ1v) is 12.0. The number of nitrogens with one attached hydrogen (secondary N) is 1. The first kappa shape index (κ1) is 23.9. The third-order valence-electron chi connectivity index (χ3n) is 6.32. The molecule has 1 fully saturated rings. The molecule has 2 atom stereocenters. The van der Waals surface area contributed by atoms with Gasteiger partial charge in [-0.3, -0.25) is 14.2 Å². The zero-order chi connectivity index (χ0) is 25.2. The molecule has 2 aliphatic heterocycles. The zero-order valence-corrected chi connectivity index (χ0v) is 20.7. The van der Waals surface area contributed by atoms with E-state index >= 15 is 0 Å². The maximum Gasteiger partial charge on any atom is 0.238 e. The number of halogens is 1. The number of aromatic nitrogens is 4. The van der Waals surface area contributed by atoms with E-state index in [0.29, 0.717) is 42.9 Å². The molecular formula is C24H26ClN7O4. The Kier molecular flexibility index (Phi) is 6.64. The third kappa shape index (κ3) is 5.06. The van der Waals surface area contributed by atoms with E-state index in [-0.39, 0.29) is 42.3 Å². The van der Waals surface area contributed by atoms with E-state index in [2.05, 4.69) is 20.3 Å². The molecule has 0 bridgehead atoms. The predicted molar refractivity (Wildman–Crippen MR) is 131 cm³/mol. The molecule has 1 saturated heterocycles. The van der Waals surface area contributed by atoms with Crippen LogP contribution < -0.4 is 19.7 Å². The van der Waals surface area contributed by atoms with E-state index in [9.17, 15) is 9.59 Å². The van der Waals surface area contributed by atoms with Gasteiger partial charge in [-0.2, -0.15) is 4.98 Å². The number of benzene rings is 1. The van der Waals surface area contributed by atoms with Gasteiger partial charge in [0.15, 0.2) is 11.5 Å². The first-order valence-electron chi connectivity index (χ1n) is 11.6. The molecule has 1 aromatic carbocycles. The van der Waals surface area contributed by atoms with E-state index < -0.39 is 0 Å². The topological polar surface area (TPSA) is 115 Å². The van der Waals surface area contributed by atoms with E-state index in [1.165, 1.54) is 6.92 Å². The van der Waals surface area contributed by atoms with Gasteiger partial charge in [-0.1, -0.05) is 17.7 Å². The fraction of sp³-hybridized carbons (Fsp3) is 0.375. The summed E-state index contributed by atoms with van der Waals surface area (Å²) in [6.07, 6.45) is 5.11. The monoisotopic (exact) mass is 511 g/mol. The number of carbonyl (C=O) groups excluding carboxylic acids is 2. The van der Waals surface area contributed by atoms with Crippen LogP contribution in [-0.2, 0) is 9.59 Å². The summed E-state index contributed by atoms with van der Waals surface area (Å²) in [6, 6.07) is 6.75. The molecule has 188 valence electrons. The standard InChI is InChI=1S/C24H26ClN7O4/c1-15(17-3-4-19-20(9-17)36-14-35-19)27-23(34)10-18-12-30(16(2)33)7-8-32(18)22-11-21(25)28-24(29-22)31-6-5-26-13-31/h3-6,9,11,13,15,18H,7-8,10,12,14H2,1-2H3,(H,27,34). The van der Waals surface area contributed by atoms with Crippen molar-refractivity contribution in [2.75, 3.05) is 31.3 Å². The number of hydrogen-bond acceptors (Lipinski definition) is 8. The molecule has 0 aliphatic carbocycles. The smallest absolute Gasteiger partial charge is 0.238 e. The van der Waals surface area contributed by atoms with Crippen molar-refractivity contribution in [1.29, 1.82) is 0 Å². The van der Waals surface area contributed by atoms with Crippen molar-refractivity contribution < 1.29 is 19.1 Å². The zero-order valence-electron chi connectivity index (χ0n) is 19.9. The largest absolute Gasteiger partial charge is 0.454 e. The van der Waals surface area contributed by atoms with Crippen molar-refractivity contribution in [3.8, 4) is 17.4 Å². The molecule has 0 saturated carbocycles. The van der Waals surface area contributed by atoms with Crippen molar-refractivity contribution in [2.24, 2.45) is 0 Å². The number of piperazine rings is 1. The van der Waals surface area contributed by atoms with Gasteiger partial charge in [-0.05, 0) is 24.6 Å². The van der Waals surface area contributed by atoms with Crippen LogP contribution in [0.2, 0.25) is 5.15 Å². The highest BCUT2D eigenvalue weighted by atomic mass is 35.5. The molecule has 0 spiro atoms. The van der Waals surface area contributed by atoms with Gasteiger partial charge in [-0.15, -0.1) is 0 Å². The van der Waals surface area contributed by atoms with Gasteiger partial charge in [0.05, 0.1) is 12.1 Å². The fourth-order valence-electron chi connectivity index (χ4n) is 4.43. The highest BCUT2D eigenvalue weighted by Gasteiger charge is 2.32. The molecule has 11 nitrogen and oxygen atoms in total. The van der Waals surface area contributed by atoms with Gasteiger partial charge < -0.3 is 24.6 Å². The molecule has 2 aromatic heterocycles. The van der Waals surface area contributed by atoms with Crippen LogP contribution in [0.4, 0.5) is 5.82 Å². The lowest BCUT2D eigenvalue weighted by atomic mass is 10.1. The van der Waals surface area contributed by atoms with Crippen molar-refractivity contribution in [2.45, 2.75) is 32.4 Å². The third-order valence-corrected chi connectivity index (χ3v) is 6.52. The summed E-state index contributed by atoms with van der Waals surface area (Å²) in [4.78, 5) is 42.0. The summed E-state index contributed by atoms with van der Waals surface area (Å²) < 4.78 is 12.5. The van der Waals surface area contributed by atoms with Gasteiger partial charge in [0.1, 0.15) is 17.3 Å². The average molecular weight is 512 g/mol. The van der Waals surface area contributed by atoms with E-state index in [4.69, 9.17) is 21.1 Å². The Morgan fingerprint density at radius 3 is 2.81 bits per heavy atom. The van der Waals surface area contributed by atoms with Crippen molar-refractivity contribution in [3.05, 3.63) is 53.7 Å². The molecule has 36 heavy (non-hydrogen) atoms. The van der Waals surface area contributed by atoms with Crippen molar-refractivity contribution >= 4 is 29.2 Å². The highest BCUT2D eigenvalue weighted by molar-refractivity contribution is 6.29. The van der Waals surface area contributed by atoms with Crippen LogP contribution in [0.25, 0.3) is 5.95 Å². The minimum atomic E-state index is -0.298. The molecular weight excluding hydrogens is 486 g/mol. The second-order valence-electron chi connectivity index (χ2n) is 8.74. The Hall–Kier alpha value is -3.86. The van der Waals surface area contributed by atoms with E-state index in [0.717, 1.165) is 5.56 Å². The maximum absolute atomic E-state index is 13.1. The van der Waals surface area contributed by atoms with Crippen LogP contribution in [0.3, 0.4) is 0 Å². The second-order valence-corrected chi connectivity index (χ2v) is 9.12. The first-order chi connectivity index (χ1) is 17.4. The summed E-state index contributed by atoms with van der Waals surface area (Å²) in [5, 5.41) is 3.33. The molecule has 1 N–H and O–H groups in total. The number of hydrogen-bond donors (Lipinski definition) is 1. The molecule has 0 radical (unpaired) electrons. The predicted octanol–water partition coefficient (Wildman–Crippen LogP) is 2.35. The number of nitrogens with zero attached hydrogens (tertiary/aromatic N) is 6.